The first-order valence-corrected chi connectivity index (χ1v) is 3.86. The smallest absolute Gasteiger partial charge is 0.141 e. The van der Waals surface area contributed by atoms with E-state index in [2.05, 4.69) is 16.5 Å². The number of hydrogen-bond donors (Lipinski definition) is 1. The van der Waals surface area contributed by atoms with Gasteiger partial charge in [0.1, 0.15) is 11.8 Å². The minimum Gasteiger partial charge on any atom is -0.359 e. The molecule has 0 spiro atoms. The Morgan fingerprint density at radius 3 is 3.15 bits per heavy atom. The molecule has 0 saturated carbocycles. The summed E-state index contributed by atoms with van der Waals surface area (Å²) < 4.78 is 0. The molecule has 13 heavy (non-hydrogen) atoms. The average Bonchev–Trinajstić information content (AvgIpc) is 2.63. The van der Waals surface area contributed by atoms with Crippen molar-refractivity contribution in [2.75, 3.05) is 0 Å². The van der Waals surface area contributed by atoms with Gasteiger partial charge in [0, 0.05) is 11.8 Å². The van der Waals surface area contributed by atoms with Crippen LogP contribution < -0.4 is 0 Å². The van der Waals surface area contributed by atoms with Gasteiger partial charge in [-0.3, -0.25) is 0 Å². The first-order valence-electron chi connectivity index (χ1n) is 3.86. The van der Waals surface area contributed by atoms with Gasteiger partial charge in [0.25, 0.3) is 0 Å². The highest BCUT2D eigenvalue weighted by Crippen LogP contribution is 2.17. The average molecular weight is 169 g/mol. The maximum atomic E-state index is 8.70. The lowest BCUT2D eigenvalue weighted by Crippen LogP contribution is -1.85. The van der Waals surface area contributed by atoms with Crippen molar-refractivity contribution < 1.29 is 0 Å². The lowest BCUT2D eigenvalue weighted by molar-refractivity contribution is 1.32. The molecule has 0 bridgehead atoms. The zero-order valence-electron chi connectivity index (χ0n) is 6.91. The van der Waals surface area contributed by atoms with E-state index in [0.29, 0.717) is 5.69 Å². The molecule has 2 rings (SSSR count). The minimum atomic E-state index is 0.419. The summed E-state index contributed by atoms with van der Waals surface area (Å²) in [7, 11) is 0. The molecular formula is C10H7N3. The summed E-state index contributed by atoms with van der Waals surface area (Å²) in [5, 5.41) is 8.70. The molecule has 0 aromatic carbocycles. The first kappa shape index (κ1) is 7.56. The summed E-state index contributed by atoms with van der Waals surface area (Å²) >= 11 is 0. The normalized spacial score (nSPS) is 9.77. The van der Waals surface area contributed by atoms with Crippen molar-refractivity contribution in [1.82, 2.24) is 9.97 Å². The molecule has 0 amide bonds. The molecule has 0 atom stereocenters. The van der Waals surface area contributed by atoms with E-state index >= 15 is 0 Å². The van der Waals surface area contributed by atoms with E-state index in [4.69, 9.17) is 5.26 Å². The minimum absolute atomic E-state index is 0.419. The maximum Gasteiger partial charge on any atom is 0.141 e. The zero-order chi connectivity index (χ0) is 9.26. The number of nitrogens with zero attached hydrogens (tertiary/aromatic N) is 2. The third-order valence-electron chi connectivity index (χ3n) is 1.88. The number of nitriles is 1. The monoisotopic (exact) mass is 169 g/mol. The van der Waals surface area contributed by atoms with E-state index in [9.17, 15) is 0 Å². The van der Waals surface area contributed by atoms with Gasteiger partial charge in [-0.1, -0.05) is 12.7 Å². The molecule has 0 aliphatic heterocycles. The van der Waals surface area contributed by atoms with Crippen molar-refractivity contribution in [3.8, 4) is 6.07 Å². The highest BCUT2D eigenvalue weighted by atomic mass is 14.8. The number of hydrogen-bond acceptors (Lipinski definition) is 2. The van der Waals surface area contributed by atoms with Crippen molar-refractivity contribution in [1.29, 1.82) is 5.26 Å². The summed E-state index contributed by atoms with van der Waals surface area (Å²) in [5.41, 5.74) is 3.05. The van der Waals surface area contributed by atoms with Crippen LogP contribution in [0.2, 0.25) is 0 Å². The van der Waals surface area contributed by atoms with Crippen molar-refractivity contribution >= 4 is 17.1 Å². The zero-order valence-corrected chi connectivity index (χ0v) is 6.91. The summed E-state index contributed by atoms with van der Waals surface area (Å²) in [4.78, 5) is 7.17. The van der Waals surface area contributed by atoms with Crippen LogP contribution in [-0.2, 0) is 0 Å². The number of fused-ring (bicyclic) bond motifs is 1. The van der Waals surface area contributed by atoms with Crippen molar-refractivity contribution in [2.24, 2.45) is 0 Å². The molecule has 3 nitrogen and oxygen atoms in total. The Morgan fingerprint density at radius 2 is 2.46 bits per heavy atom. The predicted molar refractivity (Wildman–Crippen MR) is 50.9 cm³/mol. The fraction of sp³-hybridized carbons (Fsp3) is 0. The van der Waals surface area contributed by atoms with Gasteiger partial charge in [-0.2, -0.15) is 5.26 Å². The first-order chi connectivity index (χ1) is 6.35. The van der Waals surface area contributed by atoms with Crippen molar-refractivity contribution in [3.63, 3.8) is 0 Å². The van der Waals surface area contributed by atoms with Crippen LogP contribution in [0.1, 0.15) is 11.3 Å². The molecule has 0 aliphatic carbocycles. The van der Waals surface area contributed by atoms with Crippen LogP contribution in [0.25, 0.3) is 17.1 Å². The number of H-pyrrole nitrogens is 1. The summed E-state index contributed by atoms with van der Waals surface area (Å²) in [5.74, 6) is 0. The van der Waals surface area contributed by atoms with Crippen LogP contribution >= 0.6 is 0 Å². The molecule has 2 aromatic rings. The lowest BCUT2D eigenvalue weighted by atomic mass is 10.2. The van der Waals surface area contributed by atoms with Gasteiger partial charge in [0.15, 0.2) is 0 Å². The number of rotatable bonds is 1. The Kier molecular flexibility index (Phi) is 1.60. The Hall–Kier alpha value is -2.08. The second-order valence-corrected chi connectivity index (χ2v) is 2.65. The molecule has 0 saturated heterocycles. The van der Waals surface area contributed by atoms with Crippen molar-refractivity contribution in [2.45, 2.75) is 0 Å². The van der Waals surface area contributed by atoms with Gasteiger partial charge in [-0.05, 0) is 12.1 Å². The molecule has 2 aromatic heterocycles. The van der Waals surface area contributed by atoms with E-state index in [1.807, 2.05) is 12.1 Å². The van der Waals surface area contributed by atoms with E-state index in [0.717, 1.165) is 16.6 Å². The van der Waals surface area contributed by atoms with E-state index in [1.54, 1.807) is 18.3 Å². The van der Waals surface area contributed by atoms with Crippen LogP contribution in [0.3, 0.4) is 0 Å². The molecular weight excluding hydrogens is 162 g/mol. The van der Waals surface area contributed by atoms with Gasteiger partial charge in [0.05, 0.1) is 11.0 Å². The summed E-state index contributed by atoms with van der Waals surface area (Å²) in [6.45, 7) is 3.68. The van der Waals surface area contributed by atoms with Crippen LogP contribution in [-0.4, -0.2) is 9.97 Å². The second-order valence-electron chi connectivity index (χ2n) is 2.65. The van der Waals surface area contributed by atoms with Gasteiger partial charge in [0.2, 0.25) is 0 Å². The van der Waals surface area contributed by atoms with Crippen LogP contribution in [0, 0.1) is 11.3 Å². The lowest BCUT2D eigenvalue weighted by Gasteiger charge is -1.96. The third kappa shape index (κ3) is 1.09. The summed E-state index contributed by atoms with van der Waals surface area (Å²) in [6, 6.07) is 5.56. The fourth-order valence-corrected chi connectivity index (χ4v) is 1.29. The largest absolute Gasteiger partial charge is 0.359 e. The Labute approximate surface area is 75.3 Å². The van der Waals surface area contributed by atoms with Crippen molar-refractivity contribution in [3.05, 3.63) is 36.2 Å². The fourth-order valence-electron chi connectivity index (χ4n) is 1.29. The Balaban J connectivity index is 2.86. The third-order valence-corrected chi connectivity index (χ3v) is 1.88. The maximum absolute atomic E-state index is 8.70. The van der Waals surface area contributed by atoms with Gasteiger partial charge >= 0.3 is 0 Å². The molecule has 1 N–H and O–H groups in total. The number of aromatic nitrogens is 2. The van der Waals surface area contributed by atoms with Gasteiger partial charge in [-0.25, -0.2) is 4.98 Å². The van der Waals surface area contributed by atoms with E-state index in [-0.39, 0.29) is 0 Å². The standard InChI is InChI=1S/C10H7N3/c1-2-7-5-8(6-11)13-9-3-4-12-10(7)9/h2-5,12H,1H2. The highest BCUT2D eigenvalue weighted by molar-refractivity contribution is 5.84. The van der Waals surface area contributed by atoms with Crippen LogP contribution in [0.15, 0.2) is 24.9 Å². The molecule has 2 heterocycles. The number of aromatic amines is 1. The highest BCUT2D eigenvalue weighted by Gasteiger charge is 2.02. The van der Waals surface area contributed by atoms with Crippen LogP contribution in [0.5, 0.6) is 0 Å². The Morgan fingerprint density at radius 1 is 1.62 bits per heavy atom. The van der Waals surface area contributed by atoms with Gasteiger partial charge < -0.3 is 4.98 Å². The van der Waals surface area contributed by atoms with Crippen LogP contribution in [0.4, 0.5) is 0 Å². The topological polar surface area (TPSA) is 52.5 Å². The van der Waals surface area contributed by atoms with E-state index < -0.39 is 0 Å². The molecule has 0 aliphatic rings. The molecule has 0 fully saturated rings. The summed E-state index contributed by atoms with van der Waals surface area (Å²) in [6.07, 6.45) is 3.51. The van der Waals surface area contributed by atoms with E-state index in [1.165, 1.54) is 0 Å². The SMILES string of the molecule is C=Cc1cc(C#N)nc2cc[nH]c12. The molecule has 3 heteroatoms. The quantitative estimate of drug-likeness (QED) is 0.710. The number of pyridine rings is 1. The molecule has 0 radical (unpaired) electrons. The molecule has 62 valence electrons. The van der Waals surface area contributed by atoms with Gasteiger partial charge in [-0.15, -0.1) is 0 Å². The second kappa shape index (κ2) is 2.76. The predicted octanol–water partition coefficient (Wildman–Crippen LogP) is 2.08. The Bertz CT molecular complexity index is 502. The molecule has 0 unspecified atom stereocenters. The number of nitrogens with one attached hydrogen (secondary N) is 1.